The number of pyridine rings is 1. The standard InChI is InChI=1S/C18H17N3O3S/c1-11-10-15(21-17(22)14-4-3-9-24-14)25-16(11)18(23)20-12(2)13-5-7-19-8-6-13/h3-10,12H,1-2H3,(H,20,23)(H,21,22). The quantitative estimate of drug-likeness (QED) is 0.729. The highest BCUT2D eigenvalue weighted by Gasteiger charge is 2.18. The highest BCUT2D eigenvalue weighted by molar-refractivity contribution is 7.18. The van der Waals surface area contributed by atoms with Gasteiger partial charge in [0, 0.05) is 12.4 Å². The lowest BCUT2D eigenvalue weighted by molar-refractivity contribution is 0.0942. The number of nitrogens with zero attached hydrogens (tertiary/aromatic N) is 1. The van der Waals surface area contributed by atoms with Crippen LogP contribution in [-0.4, -0.2) is 16.8 Å². The molecule has 0 fully saturated rings. The van der Waals surface area contributed by atoms with Crippen molar-refractivity contribution in [1.29, 1.82) is 0 Å². The van der Waals surface area contributed by atoms with Gasteiger partial charge in [0.25, 0.3) is 11.8 Å². The van der Waals surface area contributed by atoms with Gasteiger partial charge in [-0.05, 0) is 55.3 Å². The van der Waals surface area contributed by atoms with E-state index in [2.05, 4.69) is 15.6 Å². The number of aromatic nitrogens is 1. The molecule has 0 aliphatic carbocycles. The molecule has 0 radical (unpaired) electrons. The second-order valence-electron chi connectivity index (χ2n) is 5.53. The van der Waals surface area contributed by atoms with Gasteiger partial charge in [-0.2, -0.15) is 0 Å². The maximum absolute atomic E-state index is 12.5. The maximum atomic E-state index is 12.5. The maximum Gasteiger partial charge on any atom is 0.291 e. The Morgan fingerprint density at radius 3 is 2.64 bits per heavy atom. The number of amides is 2. The van der Waals surface area contributed by atoms with Crippen molar-refractivity contribution in [1.82, 2.24) is 10.3 Å². The summed E-state index contributed by atoms with van der Waals surface area (Å²) in [6.45, 7) is 3.75. The average Bonchev–Trinajstić information content (AvgIpc) is 3.25. The van der Waals surface area contributed by atoms with Crippen LogP contribution >= 0.6 is 11.3 Å². The van der Waals surface area contributed by atoms with E-state index < -0.39 is 0 Å². The summed E-state index contributed by atoms with van der Waals surface area (Å²) < 4.78 is 5.06. The molecular weight excluding hydrogens is 338 g/mol. The monoisotopic (exact) mass is 355 g/mol. The van der Waals surface area contributed by atoms with Crippen LogP contribution in [0.15, 0.2) is 53.4 Å². The van der Waals surface area contributed by atoms with Gasteiger partial charge >= 0.3 is 0 Å². The van der Waals surface area contributed by atoms with Gasteiger partial charge in [0.2, 0.25) is 0 Å². The molecule has 0 spiro atoms. The molecule has 3 rings (SSSR count). The first-order chi connectivity index (χ1) is 12.0. The number of anilines is 1. The van der Waals surface area contributed by atoms with E-state index >= 15 is 0 Å². The molecule has 3 aromatic heterocycles. The molecule has 0 aliphatic rings. The lowest BCUT2D eigenvalue weighted by atomic mass is 10.1. The summed E-state index contributed by atoms with van der Waals surface area (Å²) in [6.07, 6.45) is 4.82. The Morgan fingerprint density at radius 2 is 1.96 bits per heavy atom. The molecule has 25 heavy (non-hydrogen) atoms. The minimum Gasteiger partial charge on any atom is -0.459 e. The fourth-order valence-corrected chi connectivity index (χ4v) is 3.32. The zero-order valence-corrected chi connectivity index (χ0v) is 14.6. The van der Waals surface area contributed by atoms with Crippen molar-refractivity contribution < 1.29 is 14.0 Å². The summed E-state index contributed by atoms with van der Waals surface area (Å²) in [5.74, 6) is -0.294. The average molecular weight is 355 g/mol. The van der Waals surface area contributed by atoms with Crippen LogP contribution in [0.2, 0.25) is 0 Å². The number of furan rings is 1. The molecule has 6 nitrogen and oxygen atoms in total. The molecule has 0 aromatic carbocycles. The Bertz CT molecular complexity index is 872. The number of aryl methyl sites for hydroxylation is 1. The molecule has 3 heterocycles. The van der Waals surface area contributed by atoms with E-state index in [1.165, 1.54) is 17.6 Å². The van der Waals surface area contributed by atoms with Gasteiger partial charge in [-0.25, -0.2) is 0 Å². The lowest BCUT2D eigenvalue weighted by Gasteiger charge is -2.13. The zero-order chi connectivity index (χ0) is 17.8. The molecule has 0 aliphatic heterocycles. The van der Waals surface area contributed by atoms with Crippen LogP contribution in [0.25, 0.3) is 0 Å². The minimum absolute atomic E-state index is 0.141. The van der Waals surface area contributed by atoms with E-state index in [-0.39, 0.29) is 23.6 Å². The van der Waals surface area contributed by atoms with Crippen molar-refractivity contribution in [3.8, 4) is 0 Å². The molecule has 2 N–H and O–H groups in total. The largest absolute Gasteiger partial charge is 0.459 e. The van der Waals surface area contributed by atoms with Crippen molar-refractivity contribution in [2.45, 2.75) is 19.9 Å². The number of thiophene rings is 1. The summed E-state index contributed by atoms with van der Waals surface area (Å²) in [5.41, 5.74) is 1.78. The van der Waals surface area contributed by atoms with Gasteiger partial charge in [0.15, 0.2) is 5.76 Å². The van der Waals surface area contributed by atoms with Gasteiger partial charge in [-0.1, -0.05) is 0 Å². The van der Waals surface area contributed by atoms with Crippen molar-refractivity contribution in [3.05, 3.63) is 70.8 Å². The molecule has 0 saturated carbocycles. The number of carbonyl (C=O) groups is 2. The predicted octanol–water partition coefficient (Wildman–Crippen LogP) is 3.79. The van der Waals surface area contributed by atoms with E-state index in [4.69, 9.17) is 4.42 Å². The van der Waals surface area contributed by atoms with Crippen LogP contribution in [0.4, 0.5) is 5.00 Å². The number of hydrogen-bond acceptors (Lipinski definition) is 5. The molecule has 3 aromatic rings. The summed E-state index contributed by atoms with van der Waals surface area (Å²) >= 11 is 1.23. The van der Waals surface area contributed by atoms with E-state index in [1.54, 1.807) is 30.6 Å². The van der Waals surface area contributed by atoms with Gasteiger partial charge in [0.1, 0.15) is 0 Å². The van der Waals surface area contributed by atoms with Crippen molar-refractivity contribution in [2.24, 2.45) is 0 Å². The minimum atomic E-state index is -0.344. The van der Waals surface area contributed by atoms with Crippen LogP contribution in [-0.2, 0) is 0 Å². The van der Waals surface area contributed by atoms with Crippen molar-refractivity contribution in [2.75, 3.05) is 5.32 Å². The van der Waals surface area contributed by atoms with Crippen LogP contribution < -0.4 is 10.6 Å². The first-order valence-corrected chi connectivity index (χ1v) is 8.52. The second kappa shape index (κ2) is 7.31. The normalized spacial score (nSPS) is 11.8. The molecular formula is C18H17N3O3S. The van der Waals surface area contributed by atoms with E-state index in [0.29, 0.717) is 9.88 Å². The number of rotatable bonds is 5. The Labute approximate surface area is 148 Å². The molecule has 1 unspecified atom stereocenters. The molecule has 0 saturated heterocycles. The summed E-state index contributed by atoms with van der Waals surface area (Å²) in [6, 6.07) is 8.59. The SMILES string of the molecule is Cc1cc(NC(=O)c2ccco2)sc1C(=O)NC(C)c1ccncc1. The van der Waals surface area contributed by atoms with Gasteiger partial charge in [0.05, 0.1) is 22.2 Å². The topological polar surface area (TPSA) is 84.2 Å². The first kappa shape index (κ1) is 16.9. The molecule has 1 atom stereocenters. The summed E-state index contributed by atoms with van der Waals surface area (Å²) in [5, 5.41) is 6.30. The molecule has 128 valence electrons. The smallest absolute Gasteiger partial charge is 0.291 e. The van der Waals surface area contributed by atoms with Gasteiger partial charge < -0.3 is 15.1 Å². The molecule has 7 heteroatoms. The number of hydrogen-bond donors (Lipinski definition) is 2. The third-order valence-electron chi connectivity index (χ3n) is 3.66. The second-order valence-corrected chi connectivity index (χ2v) is 6.58. The van der Waals surface area contributed by atoms with E-state index in [0.717, 1.165) is 11.1 Å². The molecule has 2 amide bonds. The first-order valence-electron chi connectivity index (χ1n) is 7.70. The Hall–Kier alpha value is -2.93. The third-order valence-corrected chi connectivity index (χ3v) is 4.81. The summed E-state index contributed by atoms with van der Waals surface area (Å²) in [4.78, 5) is 29.1. The zero-order valence-electron chi connectivity index (χ0n) is 13.8. The van der Waals surface area contributed by atoms with Gasteiger partial charge in [-0.3, -0.25) is 14.6 Å². The fourth-order valence-electron chi connectivity index (χ4n) is 2.35. The van der Waals surface area contributed by atoms with Crippen LogP contribution in [0.1, 0.15) is 44.3 Å². The van der Waals surface area contributed by atoms with Crippen molar-refractivity contribution in [3.63, 3.8) is 0 Å². The Morgan fingerprint density at radius 1 is 1.20 bits per heavy atom. The Balaban J connectivity index is 1.69. The van der Waals surface area contributed by atoms with Crippen molar-refractivity contribution >= 4 is 28.2 Å². The van der Waals surface area contributed by atoms with Crippen LogP contribution in [0.5, 0.6) is 0 Å². The molecule has 0 bridgehead atoms. The number of carbonyl (C=O) groups excluding carboxylic acids is 2. The highest BCUT2D eigenvalue weighted by Crippen LogP contribution is 2.27. The Kier molecular flexibility index (Phi) is 4.95. The predicted molar refractivity (Wildman–Crippen MR) is 95.8 cm³/mol. The highest BCUT2D eigenvalue weighted by atomic mass is 32.1. The fraction of sp³-hybridized carbons (Fsp3) is 0.167. The lowest BCUT2D eigenvalue weighted by Crippen LogP contribution is -2.26. The number of nitrogens with one attached hydrogen (secondary N) is 2. The van der Waals surface area contributed by atoms with Gasteiger partial charge in [-0.15, -0.1) is 11.3 Å². The summed E-state index contributed by atoms with van der Waals surface area (Å²) in [7, 11) is 0. The van der Waals surface area contributed by atoms with E-state index in [9.17, 15) is 9.59 Å². The van der Waals surface area contributed by atoms with E-state index in [1.807, 2.05) is 26.0 Å². The third kappa shape index (κ3) is 3.95. The van der Waals surface area contributed by atoms with Crippen LogP contribution in [0, 0.1) is 6.92 Å². The van der Waals surface area contributed by atoms with Crippen LogP contribution in [0.3, 0.4) is 0 Å².